The number of ether oxygens (including phenoxy) is 2. The molecule has 1 aliphatic heterocycles. The van der Waals surface area contributed by atoms with Crippen LogP contribution in [0.5, 0.6) is 5.75 Å². The molecular weight excluding hydrogens is 464 g/mol. The lowest BCUT2D eigenvalue weighted by Crippen LogP contribution is -2.43. The Morgan fingerprint density at radius 3 is 2.48 bits per heavy atom. The first-order chi connectivity index (χ1) is 15.9. The molecule has 2 heterocycles. The number of hydrogen-bond donors (Lipinski definition) is 1. The normalized spacial score (nSPS) is 18.9. The van der Waals surface area contributed by atoms with Gasteiger partial charge in [0, 0.05) is 11.4 Å². The van der Waals surface area contributed by atoms with Crippen molar-refractivity contribution in [3.05, 3.63) is 40.3 Å². The standard InChI is InChI=1S/C23H28N2O6S2/c1-30-15-10-12-16(13-11-15)33(28,29)25-14-6-8-18(25)21(26)24-22-20(23(27)31-2)17-7-4-3-5-9-19(17)32-22/h10-13,18H,3-9,14H2,1-2H3,(H,24,26). The zero-order valence-corrected chi connectivity index (χ0v) is 20.4. The van der Waals surface area contributed by atoms with E-state index in [1.807, 2.05) is 0 Å². The van der Waals surface area contributed by atoms with Gasteiger partial charge >= 0.3 is 5.97 Å². The molecule has 8 nitrogen and oxygen atoms in total. The summed E-state index contributed by atoms with van der Waals surface area (Å²) >= 11 is 1.40. The molecule has 1 atom stereocenters. The fraction of sp³-hybridized carbons (Fsp3) is 0.478. The number of fused-ring (bicyclic) bond motifs is 1. The van der Waals surface area contributed by atoms with Gasteiger partial charge < -0.3 is 14.8 Å². The third kappa shape index (κ3) is 4.64. The van der Waals surface area contributed by atoms with Crippen LogP contribution in [0.3, 0.4) is 0 Å². The van der Waals surface area contributed by atoms with Gasteiger partial charge in [0.05, 0.1) is 24.7 Å². The topological polar surface area (TPSA) is 102 Å². The molecule has 0 radical (unpaired) electrons. The number of carbonyl (C=O) groups is 2. The number of nitrogens with zero attached hydrogens (tertiary/aromatic N) is 1. The van der Waals surface area contributed by atoms with Crippen molar-refractivity contribution in [2.45, 2.75) is 55.9 Å². The Morgan fingerprint density at radius 1 is 1.06 bits per heavy atom. The van der Waals surface area contributed by atoms with Crippen LogP contribution in [-0.2, 0) is 32.4 Å². The number of carbonyl (C=O) groups excluding carboxylic acids is 2. The molecule has 1 aromatic heterocycles. The second kappa shape index (κ2) is 9.82. The Kier molecular flexibility index (Phi) is 7.06. The quantitative estimate of drug-likeness (QED) is 0.488. The minimum absolute atomic E-state index is 0.112. The number of anilines is 1. The number of amides is 1. The molecule has 0 spiro atoms. The summed E-state index contributed by atoms with van der Waals surface area (Å²) in [5, 5.41) is 3.32. The van der Waals surface area contributed by atoms with Crippen LogP contribution in [0.1, 0.15) is 52.9 Å². The molecule has 0 bridgehead atoms. The lowest BCUT2D eigenvalue weighted by molar-refractivity contribution is -0.119. The van der Waals surface area contributed by atoms with Crippen LogP contribution in [0.2, 0.25) is 0 Å². The third-order valence-electron chi connectivity index (χ3n) is 6.22. The number of benzene rings is 1. The maximum atomic E-state index is 13.3. The molecule has 1 aromatic carbocycles. The summed E-state index contributed by atoms with van der Waals surface area (Å²) < 4.78 is 37.9. The van der Waals surface area contributed by atoms with Crippen molar-refractivity contribution in [2.75, 3.05) is 26.1 Å². The number of nitrogens with one attached hydrogen (secondary N) is 1. The predicted molar refractivity (Wildman–Crippen MR) is 125 cm³/mol. The van der Waals surface area contributed by atoms with E-state index in [1.54, 1.807) is 12.1 Å². The molecule has 1 fully saturated rings. The number of rotatable bonds is 6. The van der Waals surface area contributed by atoms with Crippen LogP contribution < -0.4 is 10.1 Å². The molecule has 1 saturated heterocycles. The Labute approximate surface area is 197 Å². The van der Waals surface area contributed by atoms with Crippen molar-refractivity contribution in [2.24, 2.45) is 0 Å². The molecule has 4 rings (SSSR count). The summed E-state index contributed by atoms with van der Waals surface area (Å²) in [6.45, 7) is 0.261. The predicted octanol–water partition coefficient (Wildman–Crippen LogP) is 3.60. The second-order valence-corrected chi connectivity index (χ2v) is 11.2. The van der Waals surface area contributed by atoms with Crippen LogP contribution in [0.4, 0.5) is 5.00 Å². The summed E-state index contributed by atoms with van der Waals surface area (Å²) in [5.74, 6) is -0.345. The van der Waals surface area contributed by atoms with Gasteiger partial charge in [0.2, 0.25) is 15.9 Å². The summed E-state index contributed by atoms with van der Waals surface area (Å²) in [6, 6.07) is 5.28. The van der Waals surface area contributed by atoms with Gasteiger partial charge in [0.1, 0.15) is 16.8 Å². The number of thiophene rings is 1. The molecule has 10 heteroatoms. The monoisotopic (exact) mass is 492 g/mol. The van der Waals surface area contributed by atoms with Gasteiger partial charge in [0.25, 0.3) is 0 Å². The van der Waals surface area contributed by atoms with E-state index in [0.717, 1.165) is 42.5 Å². The molecule has 1 aliphatic carbocycles. The first kappa shape index (κ1) is 23.7. The van der Waals surface area contributed by atoms with Gasteiger partial charge in [-0.1, -0.05) is 6.42 Å². The molecule has 0 saturated carbocycles. The number of esters is 1. The Morgan fingerprint density at radius 2 is 1.79 bits per heavy atom. The van der Waals surface area contributed by atoms with E-state index in [0.29, 0.717) is 29.2 Å². The minimum atomic E-state index is -3.86. The lowest BCUT2D eigenvalue weighted by atomic mass is 10.1. The summed E-state index contributed by atoms with van der Waals surface area (Å²) in [6.07, 6.45) is 5.76. The average molecular weight is 493 g/mol. The largest absolute Gasteiger partial charge is 0.497 e. The first-order valence-corrected chi connectivity index (χ1v) is 13.3. The molecule has 1 amide bonds. The molecule has 2 aromatic rings. The molecule has 2 aliphatic rings. The number of aryl methyl sites for hydroxylation is 1. The molecule has 1 N–H and O–H groups in total. The Balaban J connectivity index is 1.60. The summed E-state index contributed by atoms with van der Waals surface area (Å²) in [5.41, 5.74) is 1.36. The van der Waals surface area contributed by atoms with Crippen molar-refractivity contribution in [3.63, 3.8) is 0 Å². The van der Waals surface area contributed by atoms with Gasteiger partial charge in [-0.05, 0) is 68.4 Å². The Bertz CT molecular complexity index is 1140. The molecular formula is C23H28N2O6S2. The zero-order chi connectivity index (χ0) is 23.6. The summed E-state index contributed by atoms with van der Waals surface area (Å²) in [4.78, 5) is 27.0. The average Bonchev–Trinajstić information content (AvgIpc) is 3.38. The lowest BCUT2D eigenvalue weighted by Gasteiger charge is -2.23. The van der Waals surface area contributed by atoms with Crippen LogP contribution >= 0.6 is 11.3 Å². The van der Waals surface area contributed by atoms with Crippen molar-refractivity contribution in [1.29, 1.82) is 0 Å². The van der Waals surface area contributed by atoms with Gasteiger partial charge in [-0.3, -0.25) is 4.79 Å². The van der Waals surface area contributed by atoms with Crippen molar-refractivity contribution in [3.8, 4) is 5.75 Å². The maximum absolute atomic E-state index is 13.3. The van der Waals surface area contributed by atoms with E-state index >= 15 is 0 Å². The third-order valence-corrected chi connectivity index (χ3v) is 9.35. The zero-order valence-electron chi connectivity index (χ0n) is 18.8. The van der Waals surface area contributed by atoms with Gasteiger partial charge in [-0.2, -0.15) is 4.31 Å². The van der Waals surface area contributed by atoms with Crippen LogP contribution in [0.25, 0.3) is 0 Å². The fourth-order valence-corrected chi connectivity index (χ4v) is 7.45. The maximum Gasteiger partial charge on any atom is 0.341 e. The highest BCUT2D eigenvalue weighted by atomic mass is 32.2. The molecule has 1 unspecified atom stereocenters. The van der Waals surface area contributed by atoms with E-state index in [-0.39, 0.29) is 11.4 Å². The van der Waals surface area contributed by atoms with E-state index in [4.69, 9.17) is 9.47 Å². The van der Waals surface area contributed by atoms with Gasteiger partial charge in [-0.25, -0.2) is 13.2 Å². The smallest absolute Gasteiger partial charge is 0.341 e. The van der Waals surface area contributed by atoms with Crippen molar-refractivity contribution < 1.29 is 27.5 Å². The fourth-order valence-electron chi connectivity index (χ4n) is 4.52. The van der Waals surface area contributed by atoms with Crippen LogP contribution in [-0.4, -0.2) is 51.4 Å². The highest BCUT2D eigenvalue weighted by molar-refractivity contribution is 7.89. The van der Waals surface area contributed by atoms with E-state index < -0.39 is 27.9 Å². The molecule has 33 heavy (non-hydrogen) atoms. The van der Waals surface area contributed by atoms with Crippen LogP contribution in [0.15, 0.2) is 29.2 Å². The first-order valence-electron chi connectivity index (χ1n) is 11.1. The van der Waals surface area contributed by atoms with E-state index in [9.17, 15) is 18.0 Å². The highest BCUT2D eigenvalue weighted by Gasteiger charge is 2.40. The summed E-state index contributed by atoms with van der Waals surface area (Å²) in [7, 11) is -1.02. The SMILES string of the molecule is COC(=O)c1c(NC(=O)C2CCCN2S(=O)(=O)c2ccc(OC)cc2)sc2c1CCCCC2. The Hall–Kier alpha value is -2.43. The van der Waals surface area contributed by atoms with Crippen molar-refractivity contribution in [1.82, 2.24) is 4.31 Å². The number of sulfonamides is 1. The second-order valence-electron chi connectivity index (χ2n) is 8.20. The minimum Gasteiger partial charge on any atom is -0.497 e. The molecule has 178 valence electrons. The van der Waals surface area contributed by atoms with Crippen molar-refractivity contribution >= 4 is 38.2 Å². The number of methoxy groups -OCH3 is 2. The van der Waals surface area contributed by atoms with Gasteiger partial charge in [0.15, 0.2) is 0 Å². The van der Waals surface area contributed by atoms with E-state index in [1.165, 1.54) is 42.0 Å². The van der Waals surface area contributed by atoms with Crippen LogP contribution in [0, 0.1) is 0 Å². The van der Waals surface area contributed by atoms with E-state index in [2.05, 4.69) is 5.32 Å². The number of hydrogen-bond acceptors (Lipinski definition) is 7. The highest BCUT2D eigenvalue weighted by Crippen LogP contribution is 2.38. The van der Waals surface area contributed by atoms with Gasteiger partial charge in [-0.15, -0.1) is 11.3 Å².